The molecule has 1 saturated heterocycles. The molecule has 0 bridgehead atoms. The van der Waals surface area contributed by atoms with Gasteiger partial charge in [0.2, 0.25) is 11.8 Å². The summed E-state index contributed by atoms with van der Waals surface area (Å²) in [6.07, 6.45) is 0.223. The van der Waals surface area contributed by atoms with E-state index < -0.39 is 0 Å². The molecule has 1 aromatic heterocycles. The van der Waals surface area contributed by atoms with Crippen LogP contribution in [-0.4, -0.2) is 27.0 Å². The zero-order valence-corrected chi connectivity index (χ0v) is 9.58. The molecule has 17 heavy (non-hydrogen) atoms. The molecule has 1 aromatic carbocycles. The van der Waals surface area contributed by atoms with Crippen LogP contribution in [0.4, 0.5) is 0 Å². The van der Waals surface area contributed by atoms with Crippen molar-refractivity contribution < 1.29 is 9.59 Å². The lowest BCUT2D eigenvalue weighted by Gasteiger charge is -2.00. The van der Waals surface area contributed by atoms with Gasteiger partial charge in [0.1, 0.15) is 5.25 Å². The van der Waals surface area contributed by atoms with E-state index in [9.17, 15) is 9.59 Å². The van der Waals surface area contributed by atoms with E-state index in [4.69, 9.17) is 0 Å². The second-order valence-corrected chi connectivity index (χ2v) is 4.97. The zero-order chi connectivity index (χ0) is 11.8. The average molecular weight is 247 g/mol. The number of imidazole rings is 1. The van der Waals surface area contributed by atoms with E-state index in [1.165, 1.54) is 11.8 Å². The molecule has 1 fully saturated rings. The van der Waals surface area contributed by atoms with Crippen molar-refractivity contribution in [1.29, 1.82) is 0 Å². The Kier molecular flexibility index (Phi) is 2.36. The number of hydrogen-bond acceptors (Lipinski definition) is 4. The third-order valence-electron chi connectivity index (χ3n) is 2.55. The summed E-state index contributed by atoms with van der Waals surface area (Å²) in [6, 6.07) is 7.65. The Morgan fingerprint density at radius 2 is 2.12 bits per heavy atom. The van der Waals surface area contributed by atoms with Crippen molar-refractivity contribution in [3.8, 4) is 0 Å². The van der Waals surface area contributed by atoms with Crippen molar-refractivity contribution in [1.82, 2.24) is 15.3 Å². The molecule has 1 atom stereocenters. The normalized spacial score (nSPS) is 19.9. The second kappa shape index (κ2) is 3.89. The molecule has 6 heteroatoms. The fourth-order valence-electron chi connectivity index (χ4n) is 1.75. The standard InChI is InChI=1S/C11H9N3O2S/c15-9-5-8(10(16)14-9)17-11-12-6-3-1-2-4-7(6)13-11/h1-4,8H,5H2,(H,12,13)(H,14,15,16). The number of imide groups is 1. The van der Waals surface area contributed by atoms with E-state index in [2.05, 4.69) is 15.3 Å². The molecule has 5 nitrogen and oxygen atoms in total. The van der Waals surface area contributed by atoms with Crippen molar-refractivity contribution in [2.24, 2.45) is 0 Å². The van der Waals surface area contributed by atoms with Gasteiger partial charge >= 0.3 is 0 Å². The van der Waals surface area contributed by atoms with Crippen LogP contribution in [0.15, 0.2) is 29.4 Å². The molecular formula is C11H9N3O2S. The van der Waals surface area contributed by atoms with Gasteiger partial charge in [-0.2, -0.15) is 0 Å². The first-order valence-electron chi connectivity index (χ1n) is 5.17. The minimum atomic E-state index is -0.372. The first-order chi connectivity index (χ1) is 8.22. The molecule has 2 amide bonds. The first-order valence-corrected chi connectivity index (χ1v) is 6.05. The van der Waals surface area contributed by atoms with E-state index >= 15 is 0 Å². The van der Waals surface area contributed by atoms with Gasteiger partial charge < -0.3 is 4.98 Å². The van der Waals surface area contributed by atoms with Gasteiger partial charge in [-0.25, -0.2) is 4.98 Å². The fraction of sp³-hybridized carbons (Fsp3) is 0.182. The minimum absolute atomic E-state index is 0.219. The number of amides is 2. The molecule has 0 spiro atoms. The van der Waals surface area contributed by atoms with E-state index in [1.54, 1.807) is 0 Å². The van der Waals surface area contributed by atoms with Gasteiger partial charge in [0.25, 0.3) is 0 Å². The maximum atomic E-state index is 11.4. The maximum Gasteiger partial charge on any atom is 0.240 e. The summed E-state index contributed by atoms with van der Waals surface area (Å²) in [5, 5.41) is 2.58. The van der Waals surface area contributed by atoms with Crippen LogP contribution in [-0.2, 0) is 9.59 Å². The third-order valence-corrected chi connectivity index (χ3v) is 3.63. The van der Waals surface area contributed by atoms with Gasteiger partial charge in [-0.15, -0.1) is 0 Å². The monoisotopic (exact) mass is 247 g/mol. The number of nitrogens with zero attached hydrogens (tertiary/aromatic N) is 1. The molecule has 1 aliphatic rings. The number of H-pyrrole nitrogens is 1. The van der Waals surface area contributed by atoms with Crippen LogP contribution >= 0.6 is 11.8 Å². The van der Waals surface area contributed by atoms with Crippen LogP contribution in [0.3, 0.4) is 0 Å². The lowest BCUT2D eigenvalue weighted by Crippen LogP contribution is -2.23. The number of para-hydroxylation sites is 2. The van der Waals surface area contributed by atoms with Crippen molar-refractivity contribution >= 4 is 34.6 Å². The summed E-state index contributed by atoms with van der Waals surface area (Å²) in [5.41, 5.74) is 1.79. The molecule has 2 aromatic rings. The van der Waals surface area contributed by atoms with E-state index in [-0.39, 0.29) is 23.5 Å². The first kappa shape index (κ1) is 10.3. The Morgan fingerprint density at radius 3 is 2.82 bits per heavy atom. The Morgan fingerprint density at radius 1 is 1.29 bits per heavy atom. The highest BCUT2D eigenvalue weighted by atomic mass is 32.2. The Balaban J connectivity index is 1.85. The molecule has 3 rings (SSSR count). The number of rotatable bonds is 2. The highest BCUT2D eigenvalue weighted by Crippen LogP contribution is 2.27. The highest BCUT2D eigenvalue weighted by molar-refractivity contribution is 8.00. The van der Waals surface area contributed by atoms with Gasteiger partial charge in [0.15, 0.2) is 5.16 Å². The number of benzene rings is 1. The molecular weight excluding hydrogens is 238 g/mol. The highest BCUT2D eigenvalue weighted by Gasteiger charge is 2.32. The van der Waals surface area contributed by atoms with Crippen LogP contribution < -0.4 is 5.32 Å². The molecule has 2 N–H and O–H groups in total. The van der Waals surface area contributed by atoms with E-state index in [0.29, 0.717) is 5.16 Å². The number of nitrogens with one attached hydrogen (secondary N) is 2. The quantitative estimate of drug-likeness (QED) is 0.778. The third kappa shape index (κ3) is 1.91. The van der Waals surface area contributed by atoms with Gasteiger partial charge in [-0.1, -0.05) is 23.9 Å². The number of carbonyl (C=O) groups is 2. The predicted molar refractivity (Wildman–Crippen MR) is 63.5 cm³/mol. The Bertz CT molecular complexity index is 575. The fourth-order valence-corrected chi connectivity index (χ4v) is 2.74. The van der Waals surface area contributed by atoms with Gasteiger partial charge in [0.05, 0.1) is 11.0 Å². The van der Waals surface area contributed by atoms with Crippen LogP contribution in [0, 0.1) is 0 Å². The van der Waals surface area contributed by atoms with E-state index in [1.807, 2.05) is 24.3 Å². The smallest absolute Gasteiger partial charge is 0.240 e. The molecule has 1 aliphatic heterocycles. The number of aromatic amines is 1. The molecule has 2 heterocycles. The van der Waals surface area contributed by atoms with Gasteiger partial charge in [0, 0.05) is 6.42 Å². The van der Waals surface area contributed by atoms with Crippen LogP contribution in [0.25, 0.3) is 11.0 Å². The Labute approximate surface area is 101 Å². The number of carbonyl (C=O) groups excluding carboxylic acids is 2. The second-order valence-electron chi connectivity index (χ2n) is 3.78. The van der Waals surface area contributed by atoms with Gasteiger partial charge in [-0.3, -0.25) is 14.9 Å². The van der Waals surface area contributed by atoms with Crippen molar-refractivity contribution in [3.05, 3.63) is 24.3 Å². The summed E-state index contributed by atoms with van der Waals surface area (Å²) in [4.78, 5) is 29.9. The lowest BCUT2D eigenvalue weighted by atomic mass is 10.3. The largest absolute Gasteiger partial charge is 0.333 e. The lowest BCUT2D eigenvalue weighted by molar-refractivity contribution is -0.124. The number of thioether (sulfide) groups is 1. The summed E-state index contributed by atoms with van der Waals surface area (Å²) in [6.45, 7) is 0. The summed E-state index contributed by atoms with van der Waals surface area (Å²) >= 11 is 1.29. The summed E-state index contributed by atoms with van der Waals surface area (Å²) < 4.78 is 0. The molecule has 86 valence electrons. The molecule has 1 unspecified atom stereocenters. The molecule has 0 saturated carbocycles. The van der Waals surface area contributed by atoms with Crippen molar-refractivity contribution in [2.45, 2.75) is 16.8 Å². The predicted octanol–water partition coefficient (Wildman–Crippen LogP) is 1.07. The minimum Gasteiger partial charge on any atom is -0.333 e. The van der Waals surface area contributed by atoms with Crippen LogP contribution in [0.2, 0.25) is 0 Å². The topological polar surface area (TPSA) is 74.8 Å². The number of fused-ring (bicyclic) bond motifs is 1. The van der Waals surface area contributed by atoms with Crippen LogP contribution in [0.1, 0.15) is 6.42 Å². The SMILES string of the molecule is O=C1CC(Sc2nc3ccccc3[nH]2)C(=O)N1. The molecule has 0 aliphatic carbocycles. The van der Waals surface area contributed by atoms with Gasteiger partial charge in [-0.05, 0) is 12.1 Å². The van der Waals surface area contributed by atoms with E-state index in [0.717, 1.165) is 11.0 Å². The summed E-state index contributed by atoms with van der Waals surface area (Å²) in [5.74, 6) is -0.455. The maximum absolute atomic E-state index is 11.4. The van der Waals surface area contributed by atoms with Crippen molar-refractivity contribution in [3.63, 3.8) is 0 Å². The number of aromatic nitrogens is 2. The van der Waals surface area contributed by atoms with Crippen molar-refractivity contribution in [2.75, 3.05) is 0 Å². The zero-order valence-electron chi connectivity index (χ0n) is 8.77. The number of hydrogen-bond donors (Lipinski definition) is 2. The summed E-state index contributed by atoms with van der Waals surface area (Å²) in [7, 11) is 0. The van der Waals surface area contributed by atoms with Crippen LogP contribution in [0.5, 0.6) is 0 Å². The average Bonchev–Trinajstić information content (AvgIpc) is 2.82. The molecule has 0 radical (unpaired) electrons. The Hall–Kier alpha value is -1.82.